The molecule has 0 saturated heterocycles. The molecule has 208 valence electrons. The normalized spacial score (nSPS) is 20.9. The van der Waals surface area contributed by atoms with Crippen LogP contribution in [-0.4, -0.2) is 29.3 Å². The fraction of sp³-hybridized carbons (Fsp3) is 0.750. The number of ether oxygens (including phenoxy) is 2. The van der Waals surface area contributed by atoms with Crippen LogP contribution in [0.2, 0.25) is 0 Å². The van der Waals surface area contributed by atoms with Crippen LogP contribution in [0.1, 0.15) is 162 Å². The van der Waals surface area contributed by atoms with Crippen molar-refractivity contribution in [1.82, 2.24) is 0 Å². The number of benzene rings is 1. The van der Waals surface area contributed by atoms with Gasteiger partial charge in [-0.05, 0) is 69.6 Å². The lowest BCUT2D eigenvalue weighted by molar-refractivity contribution is 0.0246. The molecule has 2 aliphatic rings. The van der Waals surface area contributed by atoms with Crippen molar-refractivity contribution in [3.63, 3.8) is 0 Å². The molecule has 5 heteroatoms. The van der Waals surface area contributed by atoms with Gasteiger partial charge in [0.05, 0.1) is 11.1 Å². The van der Waals surface area contributed by atoms with Gasteiger partial charge in [0.2, 0.25) is 0 Å². The molecule has 0 radical (unpaired) electrons. The summed E-state index contributed by atoms with van der Waals surface area (Å²) >= 11 is 0. The van der Waals surface area contributed by atoms with Crippen molar-refractivity contribution >= 4 is 11.9 Å². The predicted octanol–water partition coefficient (Wildman–Crippen LogP) is 9.05. The Balaban J connectivity index is 1.59. The molecule has 2 aliphatic carbocycles. The van der Waals surface area contributed by atoms with E-state index in [1.807, 2.05) is 0 Å². The van der Waals surface area contributed by atoms with Crippen LogP contribution in [-0.2, 0) is 9.47 Å². The van der Waals surface area contributed by atoms with Gasteiger partial charge in [-0.3, -0.25) is 0 Å². The van der Waals surface area contributed by atoms with Crippen molar-refractivity contribution < 1.29 is 24.2 Å². The number of hydrogen-bond acceptors (Lipinski definition) is 5. The van der Waals surface area contributed by atoms with E-state index in [9.17, 15) is 14.7 Å². The molecule has 0 amide bonds. The minimum atomic E-state index is -0.465. The van der Waals surface area contributed by atoms with E-state index < -0.39 is 11.9 Å². The fourth-order valence-corrected chi connectivity index (χ4v) is 5.77. The molecule has 0 aliphatic heterocycles. The van der Waals surface area contributed by atoms with Crippen molar-refractivity contribution in [1.29, 1.82) is 0 Å². The second-order valence-corrected chi connectivity index (χ2v) is 11.3. The third-order valence-electron chi connectivity index (χ3n) is 8.04. The van der Waals surface area contributed by atoms with Crippen LogP contribution in [0.3, 0.4) is 0 Å². The molecule has 0 spiro atoms. The zero-order valence-corrected chi connectivity index (χ0v) is 23.0. The third-order valence-corrected chi connectivity index (χ3v) is 8.04. The molecule has 0 unspecified atom stereocenters. The number of phenolic OH excluding ortho intramolecular Hbond substituents is 1. The molecule has 5 nitrogen and oxygen atoms in total. The van der Waals surface area contributed by atoms with Gasteiger partial charge in [-0.1, -0.05) is 89.9 Å². The summed E-state index contributed by atoms with van der Waals surface area (Å²) in [6.07, 6.45) is 25.1. The van der Waals surface area contributed by atoms with Crippen molar-refractivity contribution in [3.05, 3.63) is 29.3 Å². The van der Waals surface area contributed by atoms with E-state index in [-0.39, 0.29) is 29.1 Å². The van der Waals surface area contributed by atoms with E-state index in [4.69, 9.17) is 9.47 Å². The highest BCUT2D eigenvalue weighted by Gasteiger charge is 2.21. The predicted molar refractivity (Wildman–Crippen MR) is 148 cm³/mol. The van der Waals surface area contributed by atoms with Crippen LogP contribution in [0.4, 0.5) is 0 Å². The van der Waals surface area contributed by atoms with Crippen LogP contribution >= 0.6 is 0 Å². The Hall–Kier alpha value is -2.04. The maximum absolute atomic E-state index is 13.0. The van der Waals surface area contributed by atoms with E-state index in [1.54, 1.807) is 0 Å². The molecular weight excluding hydrogens is 464 g/mol. The summed E-state index contributed by atoms with van der Waals surface area (Å²) in [5.41, 5.74) is 0.438. The summed E-state index contributed by atoms with van der Waals surface area (Å²) in [6, 6.07) is 4.31. The average molecular weight is 515 g/mol. The lowest BCUT2D eigenvalue weighted by Crippen LogP contribution is -2.20. The Bertz CT molecular complexity index is 718. The van der Waals surface area contributed by atoms with Gasteiger partial charge in [0, 0.05) is 0 Å². The van der Waals surface area contributed by atoms with Gasteiger partial charge in [0.1, 0.15) is 18.0 Å². The minimum absolute atomic E-state index is 0.110. The topological polar surface area (TPSA) is 72.8 Å². The summed E-state index contributed by atoms with van der Waals surface area (Å²) < 4.78 is 11.8. The first-order valence-corrected chi connectivity index (χ1v) is 15.4. The maximum atomic E-state index is 13.0. The smallest absolute Gasteiger partial charge is 0.338 e. The van der Waals surface area contributed by atoms with Gasteiger partial charge in [-0.25, -0.2) is 9.59 Å². The molecule has 0 aromatic heterocycles. The highest BCUT2D eigenvalue weighted by atomic mass is 16.5. The van der Waals surface area contributed by atoms with Gasteiger partial charge in [-0.15, -0.1) is 0 Å². The molecule has 1 aromatic carbocycles. The standard InChI is InChI=1S/C32H50O5/c33-28-24-26(31(34)36-29-19-15-11-7-3-1-4-8-12-16-20-29)23-27(25-28)32(35)37-30-21-17-13-9-5-2-6-10-14-18-22-30/h23-25,29-30,33H,1-22H2. The molecular formula is C32H50O5. The van der Waals surface area contributed by atoms with E-state index in [2.05, 4.69) is 0 Å². The molecule has 2 fully saturated rings. The van der Waals surface area contributed by atoms with Gasteiger partial charge < -0.3 is 14.6 Å². The van der Waals surface area contributed by atoms with Crippen LogP contribution in [0, 0.1) is 0 Å². The van der Waals surface area contributed by atoms with Crippen molar-refractivity contribution in [3.8, 4) is 5.75 Å². The summed E-state index contributed by atoms with van der Waals surface area (Å²) in [5.74, 6) is -1.04. The highest BCUT2D eigenvalue weighted by Crippen LogP contribution is 2.24. The summed E-state index contributed by atoms with van der Waals surface area (Å²) in [6.45, 7) is 0. The number of carbonyl (C=O) groups is 2. The second kappa shape index (κ2) is 17.5. The highest BCUT2D eigenvalue weighted by molar-refractivity contribution is 5.96. The number of rotatable bonds is 4. The zero-order chi connectivity index (χ0) is 26.1. The molecule has 1 N–H and O–H groups in total. The molecule has 2 saturated carbocycles. The molecule has 3 rings (SSSR count). The van der Waals surface area contributed by atoms with E-state index >= 15 is 0 Å². The Kier molecular flexibility index (Phi) is 13.9. The molecule has 0 heterocycles. The monoisotopic (exact) mass is 514 g/mol. The van der Waals surface area contributed by atoms with Gasteiger partial charge in [-0.2, -0.15) is 0 Å². The largest absolute Gasteiger partial charge is 0.508 e. The SMILES string of the molecule is O=C(OC1CCCCCCCCCCC1)c1cc(O)cc(C(=O)OC2CCCCCCCCCCC2)c1. The van der Waals surface area contributed by atoms with Crippen LogP contribution in [0.5, 0.6) is 5.75 Å². The summed E-state index contributed by atoms with van der Waals surface area (Å²) in [4.78, 5) is 26.1. The molecule has 0 atom stereocenters. The number of hydrogen-bond donors (Lipinski definition) is 1. The average Bonchev–Trinajstić information content (AvgIpc) is 2.87. The van der Waals surface area contributed by atoms with Crippen molar-refractivity contribution in [2.45, 2.75) is 153 Å². The van der Waals surface area contributed by atoms with E-state index in [0.29, 0.717) is 0 Å². The first kappa shape index (κ1) is 29.5. The van der Waals surface area contributed by atoms with Crippen LogP contribution < -0.4 is 0 Å². The summed E-state index contributed by atoms with van der Waals surface area (Å²) in [5, 5.41) is 10.3. The fourth-order valence-electron chi connectivity index (χ4n) is 5.77. The molecule has 0 bridgehead atoms. The van der Waals surface area contributed by atoms with E-state index in [1.165, 1.54) is 108 Å². The minimum Gasteiger partial charge on any atom is -0.508 e. The number of carbonyl (C=O) groups excluding carboxylic acids is 2. The van der Waals surface area contributed by atoms with Gasteiger partial charge in [0.25, 0.3) is 0 Å². The second-order valence-electron chi connectivity index (χ2n) is 11.3. The maximum Gasteiger partial charge on any atom is 0.338 e. The van der Waals surface area contributed by atoms with Gasteiger partial charge >= 0.3 is 11.9 Å². The Morgan fingerprint density at radius 2 is 0.757 bits per heavy atom. The van der Waals surface area contributed by atoms with Gasteiger partial charge in [0.15, 0.2) is 0 Å². The van der Waals surface area contributed by atoms with Crippen molar-refractivity contribution in [2.24, 2.45) is 0 Å². The summed E-state index contributed by atoms with van der Waals surface area (Å²) in [7, 11) is 0. The first-order valence-electron chi connectivity index (χ1n) is 15.4. The number of phenols is 1. The third kappa shape index (κ3) is 11.9. The first-order chi connectivity index (χ1) is 18.1. The number of aromatic hydroxyl groups is 1. The lowest BCUT2D eigenvalue weighted by Gasteiger charge is -2.20. The lowest BCUT2D eigenvalue weighted by atomic mass is 9.99. The van der Waals surface area contributed by atoms with Crippen molar-refractivity contribution in [2.75, 3.05) is 0 Å². The zero-order valence-electron chi connectivity index (χ0n) is 23.0. The number of esters is 2. The Labute approximate surface area is 224 Å². The van der Waals surface area contributed by atoms with Crippen LogP contribution in [0.15, 0.2) is 18.2 Å². The van der Waals surface area contributed by atoms with Crippen LogP contribution in [0.25, 0.3) is 0 Å². The molecule has 1 aromatic rings. The Morgan fingerprint density at radius 3 is 1.05 bits per heavy atom. The van der Waals surface area contributed by atoms with E-state index in [0.717, 1.165) is 51.4 Å². The molecule has 37 heavy (non-hydrogen) atoms. The quantitative estimate of drug-likeness (QED) is 0.406. The Morgan fingerprint density at radius 1 is 0.486 bits per heavy atom.